The second kappa shape index (κ2) is 4.78. The van der Waals surface area contributed by atoms with Crippen molar-refractivity contribution in [1.29, 1.82) is 0 Å². The third-order valence-corrected chi connectivity index (χ3v) is 6.49. The molecule has 0 aliphatic carbocycles. The summed E-state index contributed by atoms with van der Waals surface area (Å²) in [6.45, 7) is -0.617. The highest BCUT2D eigenvalue weighted by Gasteiger charge is 2.40. The third-order valence-electron chi connectivity index (χ3n) is 3.09. The monoisotopic (exact) mass is 339 g/mol. The Morgan fingerprint density at radius 3 is 2.55 bits per heavy atom. The average Bonchev–Trinajstić information content (AvgIpc) is 2.99. The number of nitrogens with zero attached hydrogens (tertiary/aromatic N) is 1. The first kappa shape index (κ1) is 14.5. The molecule has 2 heterocycles. The molecule has 1 aliphatic rings. The van der Waals surface area contributed by atoms with Crippen LogP contribution in [0, 0.1) is 0 Å². The van der Waals surface area contributed by atoms with Crippen LogP contribution in [0.15, 0.2) is 28.5 Å². The number of urea groups is 1. The van der Waals surface area contributed by atoms with E-state index in [-0.39, 0.29) is 9.77 Å². The van der Waals surface area contributed by atoms with Gasteiger partial charge < -0.3 is 5.73 Å². The Morgan fingerprint density at radius 1 is 1.27 bits per heavy atom. The Kier molecular flexibility index (Phi) is 3.15. The predicted octanol–water partition coefficient (Wildman–Crippen LogP) is 0.241. The standard InChI is InChI=1S/C12H9N3O5S2/c13-10(17)9-6-3-1-2-4-7(6)21-11(9)22(19,20)15-5-8(16)14-12(15)18/h1-4H,5H2,(H2,13,17)(H,14,16,18). The number of thiophene rings is 1. The molecule has 1 saturated heterocycles. The summed E-state index contributed by atoms with van der Waals surface area (Å²) in [5.41, 5.74) is 5.13. The van der Waals surface area contributed by atoms with Gasteiger partial charge in [-0.15, -0.1) is 11.3 Å². The minimum Gasteiger partial charge on any atom is -0.366 e. The lowest BCUT2D eigenvalue weighted by molar-refractivity contribution is -0.118. The minimum atomic E-state index is -4.34. The number of imide groups is 1. The highest BCUT2D eigenvalue weighted by Crippen LogP contribution is 2.36. The number of carbonyl (C=O) groups is 3. The van der Waals surface area contributed by atoms with Crippen molar-refractivity contribution >= 4 is 49.3 Å². The van der Waals surface area contributed by atoms with E-state index in [1.807, 2.05) is 5.32 Å². The summed E-state index contributed by atoms with van der Waals surface area (Å²) in [4.78, 5) is 34.5. The van der Waals surface area contributed by atoms with Gasteiger partial charge in [0.1, 0.15) is 6.54 Å². The number of primary amides is 1. The molecule has 10 heteroatoms. The zero-order chi connectivity index (χ0) is 16.1. The quantitative estimate of drug-likeness (QED) is 0.775. The van der Waals surface area contributed by atoms with Gasteiger partial charge in [0.05, 0.1) is 5.56 Å². The number of hydrogen-bond acceptors (Lipinski definition) is 6. The Hall–Kier alpha value is -2.46. The lowest BCUT2D eigenvalue weighted by Gasteiger charge is -2.13. The Labute approximate surface area is 128 Å². The lowest BCUT2D eigenvalue weighted by Crippen LogP contribution is -2.34. The summed E-state index contributed by atoms with van der Waals surface area (Å²) in [5, 5.41) is 2.28. The Bertz CT molecular complexity index is 931. The molecule has 0 saturated carbocycles. The number of nitrogens with two attached hydrogens (primary N) is 1. The smallest absolute Gasteiger partial charge is 0.338 e. The summed E-state index contributed by atoms with van der Waals surface area (Å²) in [6.07, 6.45) is 0. The maximum absolute atomic E-state index is 12.6. The van der Waals surface area contributed by atoms with E-state index in [1.54, 1.807) is 24.3 Å². The van der Waals surface area contributed by atoms with Crippen LogP contribution in [0.4, 0.5) is 4.79 Å². The maximum atomic E-state index is 12.6. The van der Waals surface area contributed by atoms with E-state index in [4.69, 9.17) is 5.73 Å². The third kappa shape index (κ3) is 2.04. The second-order valence-corrected chi connectivity index (χ2v) is 7.60. The van der Waals surface area contributed by atoms with Crippen LogP contribution in [0.25, 0.3) is 10.1 Å². The zero-order valence-electron chi connectivity index (χ0n) is 10.9. The second-order valence-electron chi connectivity index (χ2n) is 4.49. The van der Waals surface area contributed by atoms with Crippen molar-refractivity contribution in [2.45, 2.75) is 4.21 Å². The lowest BCUT2D eigenvalue weighted by atomic mass is 10.2. The number of nitrogens with one attached hydrogen (secondary N) is 1. The number of amides is 4. The van der Waals surface area contributed by atoms with E-state index in [0.29, 0.717) is 14.4 Å². The van der Waals surface area contributed by atoms with Crippen LogP contribution in [-0.4, -0.2) is 37.1 Å². The molecule has 3 N–H and O–H groups in total. The molecule has 0 bridgehead atoms. The van der Waals surface area contributed by atoms with Crippen LogP contribution in [0.1, 0.15) is 10.4 Å². The van der Waals surface area contributed by atoms with Crippen LogP contribution in [-0.2, 0) is 14.8 Å². The van der Waals surface area contributed by atoms with Crippen LogP contribution >= 0.6 is 11.3 Å². The molecule has 1 aromatic heterocycles. The van der Waals surface area contributed by atoms with Gasteiger partial charge in [0, 0.05) is 10.1 Å². The molecule has 8 nitrogen and oxygen atoms in total. The summed E-state index contributed by atoms with van der Waals surface area (Å²) in [5.74, 6) is -1.64. The molecule has 0 atom stereocenters. The number of rotatable bonds is 3. The molecule has 22 heavy (non-hydrogen) atoms. The SMILES string of the molecule is NC(=O)c1c(S(=O)(=O)N2CC(=O)NC2=O)sc2ccccc12. The van der Waals surface area contributed by atoms with Crippen molar-refractivity contribution in [2.24, 2.45) is 5.73 Å². The first-order valence-electron chi connectivity index (χ1n) is 6.00. The fraction of sp³-hybridized carbons (Fsp3) is 0.0833. The topological polar surface area (TPSA) is 127 Å². The first-order chi connectivity index (χ1) is 10.3. The van der Waals surface area contributed by atoms with Gasteiger partial charge in [0.15, 0.2) is 4.21 Å². The molecule has 114 valence electrons. The van der Waals surface area contributed by atoms with Crippen molar-refractivity contribution in [3.05, 3.63) is 29.8 Å². The molecule has 2 aromatic rings. The molecule has 3 rings (SSSR count). The number of carbonyl (C=O) groups excluding carboxylic acids is 3. The number of fused-ring (bicyclic) bond motifs is 1. The summed E-state index contributed by atoms with van der Waals surface area (Å²) < 4.78 is 25.8. The first-order valence-corrected chi connectivity index (χ1v) is 8.26. The summed E-state index contributed by atoms with van der Waals surface area (Å²) in [7, 11) is -4.34. The van der Waals surface area contributed by atoms with E-state index >= 15 is 0 Å². The summed E-state index contributed by atoms with van der Waals surface area (Å²) in [6, 6.07) is 5.49. The molecule has 1 aromatic carbocycles. The van der Waals surface area contributed by atoms with Crippen LogP contribution in [0.5, 0.6) is 0 Å². The Balaban J connectivity index is 2.25. The van der Waals surface area contributed by atoms with Gasteiger partial charge in [-0.3, -0.25) is 14.9 Å². The maximum Gasteiger partial charge on any atom is 0.338 e. The van der Waals surface area contributed by atoms with Crippen molar-refractivity contribution in [1.82, 2.24) is 9.62 Å². The highest BCUT2D eigenvalue weighted by molar-refractivity contribution is 7.92. The molecule has 4 amide bonds. The van der Waals surface area contributed by atoms with Gasteiger partial charge in [0.2, 0.25) is 5.91 Å². The fourth-order valence-corrected chi connectivity index (χ4v) is 5.27. The minimum absolute atomic E-state index is 0.173. The van der Waals surface area contributed by atoms with Gasteiger partial charge in [-0.2, -0.15) is 8.42 Å². The van der Waals surface area contributed by atoms with E-state index < -0.39 is 34.4 Å². The van der Waals surface area contributed by atoms with E-state index in [0.717, 1.165) is 11.3 Å². The van der Waals surface area contributed by atoms with Crippen LogP contribution in [0.3, 0.4) is 0 Å². The number of sulfonamides is 1. The van der Waals surface area contributed by atoms with Gasteiger partial charge in [-0.1, -0.05) is 18.2 Å². The van der Waals surface area contributed by atoms with Crippen LogP contribution < -0.4 is 11.1 Å². The zero-order valence-corrected chi connectivity index (χ0v) is 12.5. The van der Waals surface area contributed by atoms with E-state index in [2.05, 4.69) is 0 Å². The molecule has 0 radical (unpaired) electrons. The van der Waals surface area contributed by atoms with Crippen molar-refractivity contribution in [3.63, 3.8) is 0 Å². The van der Waals surface area contributed by atoms with E-state index in [1.165, 1.54) is 0 Å². The van der Waals surface area contributed by atoms with Gasteiger partial charge in [-0.05, 0) is 6.07 Å². The Morgan fingerprint density at radius 2 is 1.95 bits per heavy atom. The van der Waals surface area contributed by atoms with Gasteiger partial charge >= 0.3 is 6.03 Å². The molecular formula is C12H9N3O5S2. The average molecular weight is 339 g/mol. The predicted molar refractivity (Wildman–Crippen MR) is 77.8 cm³/mol. The van der Waals surface area contributed by atoms with Crippen molar-refractivity contribution in [2.75, 3.05) is 6.54 Å². The molecule has 1 fully saturated rings. The fourth-order valence-electron chi connectivity index (χ4n) is 2.16. The normalized spacial score (nSPS) is 15.4. The van der Waals surface area contributed by atoms with Crippen molar-refractivity contribution in [3.8, 4) is 0 Å². The van der Waals surface area contributed by atoms with E-state index in [9.17, 15) is 22.8 Å². The molecule has 1 aliphatic heterocycles. The van der Waals surface area contributed by atoms with Crippen molar-refractivity contribution < 1.29 is 22.8 Å². The molecule has 0 unspecified atom stereocenters. The molecule has 0 spiro atoms. The largest absolute Gasteiger partial charge is 0.366 e. The van der Waals surface area contributed by atoms with Gasteiger partial charge in [-0.25, -0.2) is 9.10 Å². The molecular weight excluding hydrogens is 330 g/mol. The van der Waals surface area contributed by atoms with Gasteiger partial charge in [0.25, 0.3) is 15.9 Å². The highest BCUT2D eigenvalue weighted by atomic mass is 32.2. The number of hydrogen-bond donors (Lipinski definition) is 2. The van der Waals surface area contributed by atoms with Crippen LogP contribution in [0.2, 0.25) is 0 Å². The number of benzene rings is 1. The summed E-state index contributed by atoms with van der Waals surface area (Å²) >= 11 is 0.828.